The largest absolute Gasteiger partial charge is 0.309 e. The minimum Gasteiger partial charge on any atom is -0.309 e. The monoisotopic (exact) mass is 869 g/mol. The van der Waals surface area contributed by atoms with E-state index in [4.69, 9.17) is 15.0 Å². The number of benzene rings is 9. The van der Waals surface area contributed by atoms with Crippen molar-refractivity contribution in [3.8, 4) is 56.4 Å². The van der Waals surface area contributed by atoms with E-state index in [-0.39, 0.29) is 5.41 Å². The lowest BCUT2D eigenvalue weighted by Crippen LogP contribution is -2.30. The van der Waals surface area contributed by atoms with Crippen LogP contribution in [0.5, 0.6) is 0 Å². The number of nitrogens with zero attached hydrogens (tertiary/aromatic N) is 3. The molecule has 0 aliphatic heterocycles. The fourth-order valence-electron chi connectivity index (χ4n) is 10.1. The van der Waals surface area contributed by atoms with Crippen LogP contribution in [0.15, 0.2) is 231 Å². The highest BCUT2D eigenvalue weighted by molar-refractivity contribution is 7.85. The highest BCUT2D eigenvalue weighted by atomic mass is 31.2. The molecule has 318 valence electrons. The van der Waals surface area contributed by atoms with Gasteiger partial charge in [0.15, 0.2) is 24.6 Å². The Morgan fingerprint density at radius 1 is 0.348 bits per heavy atom. The Bertz CT molecular complexity index is 3300. The van der Waals surface area contributed by atoms with Crippen molar-refractivity contribution in [3.05, 3.63) is 242 Å². The normalized spacial score (nSPS) is 13.6. The molecule has 0 N–H and O–H groups in total. The summed E-state index contributed by atoms with van der Waals surface area (Å²) in [4.78, 5) is 15.6. The number of hydrogen-bond donors (Lipinski definition) is 0. The Morgan fingerprint density at radius 2 is 0.803 bits per heavy atom. The molecule has 11 rings (SSSR count). The quantitative estimate of drug-likeness (QED) is 0.129. The van der Waals surface area contributed by atoms with Gasteiger partial charge in [-0.1, -0.05) is 238 Å². The average molecular weight is 870 g/mol. The molecule has 4 nitrogen and oxygen atoms in total. The zero-order chi connectivity index (χ0) is 44.3. The molecule has 0 bridgehead atoms. The molecule has 0 spiro atoms. The van der Waals surface area contributed by atoms with Crippen molar-refractivity contribution >= 4 is 33.8 Å². The van der Waals surface area contributed by atoms with Gasteiger partial charge >= 0.3 is 0 Å². The standard InChI is InChI=1S/C61H48N3OP/c65-66(53-25-7-2-8-26-53,54-27-9-3-10-28-54)55-29-16-23-49(43-55)45-32-36-51(37-33-45)61(40-13-4-14-41-61)52-38-34-47(35-39-52)58-62-59(50-24-15-22-48(42-50)44-18-5-1-6-19-44)64-60(63-58)57-31-17-21-46-20-11-12-30-56(46)57/h1-3,5-12,15-39,42-43H,4,13-14,40-41H2. The van der Waals surface area contributed by atoms with Gasteiger partial charge in [0.1, 0.15) is 0 Å². The molecule has 0 amide bonds. The summed E-state index contributed by atoms with van der Waals surface area (Å²) in [7, 11) is -3.11. The van der Waals surface area contributed by atoms with Crippen LogP contribution in [-0.2, 0) is 9.98 Å². The Hall–Kier alpha value is -7.52. The van der Waals surface area contributed by atoms with Crippen molar-refractivity contribution in [2.75, 3.05) is 0 Å². The Kier molecular flexibility index (Phi) is 11.1. The summed E-state index contributed by atoms with van der Waals surface area (Å²) in [5, 5.41) is 4.76. The fraction of sp³-hybridized carbons (Fsp3) is 0.0984. The molecule has 0 atom stereocenters. The summed E-state index contributed by atoms with van der Waals surface area (Å²) >= 11 is 0. The molecule has 0 saturated heterocycles. The summed E-state index contributed by atoms with van der Waals surface area (Å²) < 4.78 is 15.2. The maximum absolute atomic E-state index is 15.2. The third-order valence-electron chi connectivity index (χ3n) is 13.5. The number of aromatic nitrogens is 3. The van der Waals surface area contributed by atoms with Gasteiger partial charge in [-0.05, 0) is 69.1 Å². The molecule has 1 heterocycles. The van der Waals surface area contributed by atoms with E-state index >= 15 is 4.57 Å². The molecule has 0 unspecified atom stereocenters. The van der Waals surface area contributed by atoms with Gasteiger partial charge in [0.05, 0.1) is 0 Å². The van der Waals surface area contributed by atoms with Crippen molar-refractivity contribution in [2.24, 2.45) is 0 Å². The van der Waals surface area contributed by atoms with Crippen molar-refractivity contribution in [1.29, 1.82) is 0 Å². The zero-order valence-electron chi connectivity index (χ0n) is 36.7. The SMILES string of the molecule is O=P(c1ccccc1)(c1ccccc1)c1cccc(-c2ccc(C3(c4ccc(-c5nc(-c6cccc(-c7ccccc7)c6)nc(-c6cccc7ccccc67)n5)cc4)CCCCC3)cc2)c1. The second-order valence-electron chi connectivity index (χ2n) is 17.4. The molecule has 1 aliphatic rings. The summed E-state index contributed by atoms with van der Waals surface area (Å²) in [6.45, 7) is 0. The van der Waals surface area contributed by atoms with Crippen LogP contribution in [0.4, 0.5) is 0 Å². The molecule has 1 fully saturated rings. The van der Waals surface area contributed by atoms with E-state index in [9.17, 15) is 0 Å². The maximum atomic E-state index is 15.2. The molecule has 5 heteroatoms. The van der Waals surface area contributed by atoms with Gasteiger partial charge < -0.3 is 4.57 Å². The molecule has 10 aromatic rings. The number of rotatable bonds is 10. The molecule has 66 heavy (non-hydrogen) atoms. The molecule has 0 radical (unpaired) electrons. The lowest BCUT2D eigenvalue weighted by molar-refractivity contribution is 0.346. The first-order valence-electron chi connectivity index (χ1n) is 23.0. The van der Waals surface area contributed by atoms with Crippen LogP contribution in [0.2, 0.25) is 0 Å². The van der Waals surface area contributed by atoms with Crippen LogP contribution in [0.25, 0.3) is 67.2 Å². The van der Waals surface area contributed by atoms with Gasteiger partial charge in [0.25, 0.3) is 0 Å². The van der Waals surface area contributed by atoms with Gasteiger partial charge in [-0.3, -0.25) is 0 Å². The molecule has 1 aliphatic carbocycles. The maximum Gasteiger partial charge on any atom is 0.171 e. The highest BCUT2D eigenvalue weighted by Crippen LogP contribution is 2.47. The first kappa shape index (κ1) is 41.2. The van der Waals surface area contributed by atoms with Crippen LogP contribution in [0.1, 0.15) is 43.2 Å². The fourth-order valence-corrected chi connectivity index (χ4v) is 12.8. The molecular weight excluding hydrogens is 822 g/mol. The van der Waals surface area contributed by atoms with Crippen molar-refractivity contribution in [3.63, 3.8) is 0 Å². The van der Waals surface area contributed by atoms with E-state index in [2.05, 4.69) is 152 Å². The first-order chi connectivity index (χ1) is 32.5. The molecule has 9 aromatic carbocycles. The van der Waals surface area contributed by atoms with E-state index < -0.39 is 7.14 Å². The molecule has 1 saturated carbocycles. The van der Waals surface area contributed by atoms with E-state index in [0.29, 0.717) is 17.5 Å². The Balaban J connectivity index is 0.950. The van der Waals surface area contributed by atoms with E-state index in [1.54, 1.807) is 0 Å². The van der Waals surface area contributed by atoms with Gasteiger partial charge in [0.2, 0.25) is 0 Å². The Morgan fingerprint density at radius 3 is 1.47 bits per heavy atom. The topological polar surface area (TPSA) is 55.7 Å². The van der Waals surface area contributed by atoms with Crippen LogP contribution in [-0.4, -0.2) is 15.0 Å². The second-order valence-corrected chi connectivity index (χ2v) is 20.2. The summed E-state index contributed by atoms with van der Waals surface area (Å²) in [6.07, 6.45) is 5.75. The second kappa shape index (κ2) is 17.8. The van der Waals surface area contributed by atoms with Crippen LogP contribution in [0.3, 0.4) is 0 Å². The average Bonchev–Trinajstić information content (AvgIpc) is 3.41. The van der Waals surface area contributed by atoms with Crippen LogP contribution < -0.4 is 15.9 Å². The highest BCUT2D eigenvalue weighted by Gasteiger charge is 2.36. The lowest BCUT2D eigenvalue weighted by atomic mass is 9.65. The van der Waals surface area contributed by atoms with Gasteiger partial charge in [-0.15, -0.1) is 0 Å². The van der Waals surface area contributed by atoms with Crippen molar-refractivity contribution in [2.45, 2.75) is 37.5 Å². The van der Waals surface area contributed by atoms with Crippen molar-refractivity contribution in [1.82, 2.24) is 15.0 Å². The first-order valence-corrected chi connectivity index (χ1v) is 24.7. The predicted molar refractivity (Wildman–Crippen MR) is 274 cm³/mol. The van der Waals surface area contributed by atoms with Gasteiger partial charge in [-0.25, -0.2) is 15.0 Å². The lowest BCUT2D eigenvalue weighted by Gasteiger charge is -2.39. The van der Waals surface area contributed by atoms with E-state index in [1.165, 1.54) is 30.4 Å². The summed E-state index contributed by atoms with van der Waals surface area (Å²) in [5.74, 6) is 1.94. The minimum atomic E-state index is -3.11. The van der Waals surface area contributed by atoms with Crippen molar-refractivity contribution < 1.29 is 4.57 Å². The van der Waals surface area contributed by atoms with Gasteiger partial charge in [0, 0.05) is 38.0 Å². The zero-order valence-corrected chi connectivity index (χ0v) is 37.6. The van der Waals surface area contributed by atoms with E-state index in [1.807, 2.05) is 78.9 Å². The van der Waals surface area contributed by atoms with Gasteiger partial charge in [-0.2, -0.15) is 0 Å². The summed E-state index contributed by atoms with van der Waals surface area (Å²) in [5.41, 5.74) is 9.81. The number of hydrogen-bond acceptors (Lipinski definition) is 4. The number of fused-ring (bicyclic) bond motifs is 1. The third-order valence-corrected chi connectivity index (χ3v) is 16.6. The molecule has 1 aromatic heterocycles. The van der Waals surface area contributed by atoms with E-state index in [0.717, 1.165) is 78.5 Å². The third kappa shape index (κ3) is 7.78. The Labute approximate surface area is 387 Å². The summed E-state index contributed by atoms with van der Waals surface area (Å²) in [6, 6.07) is 80.0. The molecular formula is C61H48N3OP. The minimum absolute atomic E-state index is 0.121. The van der Waals surface area contributed by atoms with Crippen LogP contribution >= 0.6 is 7.14 Å². The smallest absolute Gasteiger partial charge is 0.171 e. The predicted octanol–water partition coefficient (Wildman–Crippen LogP) is 14.2. The van der Waals surface area contributed by atoms with Crippen LogP contribution in [0, 0.1) is 0 Å².